The maximum absolute atomic E-state index is 13.6. The van der Waals surface area contributed by atoms with Gasteiger partial charge in [0.15, 0.2) is 0 Å². The summed E-state index contributed by atoms with van der Waals surface area (Å²) >= 11 is 0. The molecule has 1 aromatic rings. The molecule has 2 amide bonds. The van der Waals surface area contributed by atoms with E-state index in [1.54, 1.807) is 0 Å². The quantitative estimate of drug-likeness (QED) is 0.842. The third-order valence-corrected chi connectivity index (χ3v) is 6.98. The number of hydrogen-bond acceptors (Lipinski definition) is 3. The second-order valence-corrected chi connectivity index (χ2v) is 9.01. The van der Waals surface area contributed by atoms with Crippen LogP contribution in [0.3, 0.4) is 0 Å². The number of para-hydroxylation sites is 1. The zero-order valence-corrected chi connectivity index (χ0v) is 16.9. The van der Waals surface area contributed by atoms with Gasteiger partial charge in [0.1, 0.15) is 0 Å². The number of nitrogens with one attached hydrogen (secondary N) is 1. The topological polar surface area (TPSA) is 75.4 Å². The first-order valence-electron chi connectivity index (χ1n) is 11.0. The molecule has 1 aromatic carbocycles. The monoisotopic (exact) mass is 383 g/mol. The van der Waals surface area contributed by atoms with E-state index in [0.717, 1.165) is 63.5 Å². The average molecular weight is 384 g/mol. The van der Waals surface area contributed by atoms with Gasteiger partial charge in [-0.3, -0.25) is 9.59 Å². The highest BCUT2D eigenvalue weighted by Crippen LogP contribution is 2.38. The zero-order valence-electron chi connectivity index (χ0n) is 16.9. The normalized spacial score (nSPS) is 32.6. The van der Waals surface area contributed by atoms with Gasteiger partial charge in [-0.25, -0.2) is 0 Å². The van der Waals surface area contributed by atoms with Crippen LogP contribution in [0.2, 0.25) is 0 Å². The second-order valence-electron chi connectivity index (χ2n) is 9.01. The maximum Gasteiger partial charge on any atom is 0.231 e. The van der Waals surface area contributed by atoms with Crippen molar-refractivity contribution in [1.82, 2.24) is 5.32 Å². The first kappa shape index (κ1) is 19.4. The van der Waals surface area contributed by atoms with Crippen LogP contribution in [0.25, 0.3) is 0 Å². The number of anilines is 1. The van der Waals surface area contributed by atoms with Gasteiger partial charge in [0.25, 0.3) is 0 Å². The van der Waals surface area contributed by atoms with Crippen LogP contribution in [0.5, 0.6) is 0 Å². The summed E-state index contributed by atoms with van der Waals surface area (Å²) in [5, 5.41) is 3.25. The van der Waals surface area contributed by atoms with E-state index in [2.05, 4.69) is 18.3 Å². The highest BCUT2D eigenvalue weighted by molar-refractivity contribution is 6.00. The molecule has 1 heterocycles. The van der Waals surface area contributed by atoms with Crippen LogP contribution >= 0.6 is 0 Å². The number of carbonyl (C=O) groups is 2. The maximum atomic E-state index is 13.6. The Labute approximate surface area is 168 Å². The molecule has 0 bridgehead atoms. The summed E-state index contributed by atoms with van der Waals surface area (Å²) in [6.45, 7) is 2.11. The highest BCUT2D eigenvalue weighted by atomic mass is 16.2. The summed E-state index contributed by atoms with van der Waals surface area (Å²) in [5.41, 5.74) is 8.26. The Kier molecular flexibility index (Phi) is 5.72. The number of hydrogen-bond donors (Lipinski definition) is 2. The molecule has 0 radical (unpaired) electrons. The van der Waals surface area contributed by atoms with Crippen molar-refractivity contribution in [2.75, 3.05) is 4.90 Å². The van der Waals surface area contributed by atoms with Gasteiger partial charge in [0.2, 0.25) is 11.8 Å². The Morgan fingerprint density at radius 3 is 2.43 bits per heavy atom. The van der Waals surface area contributed by atoms with Gasteiger partial charge in [-0.15, -0.1) is 0 Å². The molecule has 3 unspecified atom stereocenters. The van der Waals surface area contributed by atoms with E-state index in [-0.39, 0.29) is 41.8 Å². The van der Waals surface area contributed by atoms with Gasteiger partial charge >= 0.3 is 0 Å². The highest BCUT2D eigenvalue weighted by Gasteiger charge is 2.42. The predicted octanol–water partition coefficient (Wildman–Crippen LogP) is 3.16. The van der Waals surface area contributed by atoms with Crippen molar-refractivity contribution < 1.29 is 9.59 Å². The molecular formula is C23H33N3O2. The fourth-order valence-corrected chi connectivity index (χ4v) is 5.39. The minimum atomic E-state index is -0.201. The van der Waals surface area contributed by atoms with Crippen molar-refractivity contribution >= 4 is 17.5 Å². The Morgan fingerprint density at radius 2 is 1.68 bits per heavy atom. The second kappa shape index (κ2) is 8.24. The molecule has 4 rings (SSSR count). The van der Waals surface area contributed by atoms with E-state index < -0.39 is 0 Å². The van der Waals surface area contributed by atoms with Gasteiger partial charge in [0.05, 0.1) is 5.92 Å². The zero-order chi connectivity index (χ0) is 19.7. The minimum Gasteiger partial charge on any atom is -0.353 e. The molecule has 2 saturated carbocycles. The number of benzene rings is 1. The molecule has 152 valence electrons. The molecule has 5 nitrogen and oxygen atoms in total. The number of nitrogens with zero attached hydrogens (tertiary/aromatic N) is 1. The van der Waals surface area contributed by atoms with E-state index in [1.165, 1.54) is 5.56 Å². The first-order valence-corrected chi connectivity index (χ1v) is 11.0. The molecule has 1 aliphatic heterocycles. The van der Waals surface area contributed by atoms with Gasteiger partial charge in [0, 0.05) is 29.7 Å². The third kappa shape index (κ3) is 3.82. The molecule has 3 atom stereocenters. The number of nitrogens with two attached hydrogens (primary N) is 1. The molecule has 0 aromatic heterocycles. The van der Waals surface area contributed by atoms with Crippen LogP contribution in [-0.2, 0) is 16.0 Å². The van der Waals surface area contributed by atoms with Crippen molar-refractivity contribution in [3.8, 4) is 0 Å². The van der Waals surface area contributed by atoms with Crippen LogP contribution in [0.15, 0.2) is 24.3 Å². The van der Waals surface area contributed by atoms with Crippen LogP contribution in [0.1, 0.15) is 63.9 Å². The lowest BCUT2D eigenvalue weighted by Crippen LogP contribution is -2.49. The largest absolute Gasteiger partial charge is 0.353 e. The van der Waals surface area contributed by atoms with E-state index in [4.69, 9.17) is 5.73 Å². The first-order chi connectivity index (χ1) is 13.5. The number of rotatable bonds is 3. The molecule has 5 heteroatoms. The number of amides is 2. The Hall–Kier alpha value is -1.88. The van der Waals surface area contributed by atoms with Crippen LogP contribution in [0.4, 0.5) is 5.69 Å². The summed E-state index contributed by atoms with van der Waals surface area (Å²) in [6.07, 6.45) is 8.44. The minimum absolute atomic E-state index is 0.0821. The molecule has 0 spiro atoms. The smallest absolute Gasteiger partial charge is 0.231 e. The Balaban J connectivity index is 1.47. The van der Waals surface area contributed by atoms with Crippen molar-refractivity contribution in [3.05, 3.63) is 29.8 Å². The van der Waals surface area contributed by atoms with Gasteiger partial charge in [-0.2, -0.15) is 0 Å². The lowest BCUT2D eigenvalue weighted by molar-refractivity contribution is -0.136. The molecule has 2 fully saturated rings. The van der Waals surface area contributed by atoms with Crippen molar-refractivity contribution in [3.63, 3.8) is 0 Å². The van der Waals surface area contributed by atoms with Crippen molar-refractivity contribution in [2.24, 2.45) is 17.6 Å². The van der Waals surface area contributed by atoms with Crippen LogP contribution in [-0.4, -0.2) is 29.9 Å². The summed E-state index contributed by atoms with van der Waals surface area (Å²) in [7, 11) is 0. The Morgan fingerprint density at radius 1 is 1.00 bits per heavy atom. The SMILES string of the molecule is CC1Cc2ccccc2N1C(=O)C1CCCCC1C(=O)NC1CCC(N)CC1. The lowest BCUT2D eigenvalue weighted by Gasteiger charge is -2.36. The number of fused-ring (bicyclic) bond motifs is 1. The lowest BCUT2D eigenvalue weighted by atomic mass is 9.77. The summed E-state index contributed by atoms with van der Waals surface area (Å²) in [4.78, 5) is 28.6. The fourth-order valence-electron chi connectivity index (χ4n) is 5.39. The van der Waals surface area contributed by atoms with E-state index in [0.29, 0.717) is 0 Å². The van der Waals surface area contributed by atoms with Gasteiger partial charge < -0.3 is 16.0 Å². The summed E-state index contributed by atoms with van der Waals surface area (Å²) < 4.78 is 0. The predicted molar refractivity (Wildman–Crippen MR) is 111 cm³/mol. The summed E-state index contributed by atoms with van der Waals surface area (Å²) in [5.74, 6) is -0.174. The molecule has 28 heavy (non-hydrogen) atoms. The summed E-state index contributed by atoms with van der Waals surface area (Å²) in [6, 6.07) is 8.83. The van der Waals surface area contributed by atoms with Crippen LogP contribution < -0.4 is 16.0 Å². The Bertz CT molecular complexity index is 726. The van der Waals surface area contributed by atoms with Crippen molar-refractivity contribution in [1.29, 1.82) is 0 Å². The molecule has 0 saturated heterocycles. The van der Waals surface area contributed by atoms with Gasteiger partial charge in [-0.05, 0) is 63.5 Å². The standard InChI is InChI=1S/C23H33N3O2/c1-15-14-16-6-2-5-9-21(16)26(15)23(28)20-8-4-3-7-19(20)22(27)25-18-12-10-17(24)11-13-18/h2,5-6,9,15,17-20H,3-4,7-8,10-14,24H2,1H3,(H,25,27). The van der Waals surface area contributed by atoms with Crippen molar-refractivity contribution in [2.45, 2.75) is 82.8 Å². The van der Waals surface area contributed by atoms with E-state index >= 15 is 0 Å². The third-order valence-electron chi connectivity index (χ3n) is 6.98. The average Bonchev–Trinajstić information content (AvgIpc) is 3.05. The van der Waals surface area contributed by atoms with E-state index in [9.17, 15) is 9.59 Å². The molecule has 2 aliphatic carbocycles. The molecule has 3 N–H and O–H groups in total. The molecule has 3 aliphatic rings. The fraction of sp³-hybridized carbons (Fsp3) is 0.652. The van der Waals surface area contributed by atoms with E-state index in [1.807, 2.05) is 23.1 Å². The van der Waals surface area contributed by atoms with Crippen LogP contribution in [0, 0.1) is 11.8 Å². The number of carbonyl (C=O) groups excluding carboxylic acids is 2. The molecular weight excluding hydrogens is 350 g/mol. The van der Waals surface area contributed by atoms with Gasteiger partial charge in [-0.1, -0.05) is 31.0 Å².